The van der Waals surface area contributed by atoms with Gasteiger partial charge in [-0.1, -0.05) is 60.7 Å². The van der Waals surface area contributed by atoms with Gasteiger partial charge in [0.15, 0.2) is 0 Å². The van der Waals surface area contributed by atoms with E-state index in [1.165, 1.54) is 0 Å². The maximum absolute atomic E-state index is 12.4. The van der Waals surface area contributed by atoms with Gasteiger partial charge in [-0.3, -0.25) is 0 Å². The lowest BCUT2D eigenvalue weighted by atomic mass is 10.0. The monoisotopic (exact) mass is 311 g/mol. The number of benzene rings is 3. The van der Waals surface area contributed by atoms with Crippen molar-refractivity contribution in [3.63, 3.8) is 0 Å². The molecule has 0 heterocycles. The van der Waals surface area contributed by atoms with E-state index < -0.39 is 10.0 Å². The lowest BCUT2D eigenvalue weighted by Crippen LogP contribution is -2.27. The molecule has 0 saturated heterocycles. The van der Waals surface area contributed by atoms with E-state index in [0.29, 0.717) is 0 Å². The largest absolute Gasteiger partial charge is 0.241 e. The Hall–Kier alpha value is -2.17. The van der Waals surface area contributed by atoms with Crippen molar-refractivity contribution in [2.45, 2.75) is 17.9 Å². The van der Waals surface area contributed by atoms with E-state index in [1.54, 1.807) is 30.3 Å². The van der Waals surface area contributed by atoms with E-state index in [1.807, 2.05) is 49.4 Å². The van der Waals surface area contributed by atoms with Gasteiger partial charge in [-0.05, 0) is 35.4 Å². The second kappa shape index (κ2) is 5.91. The minimum atomic E-state index is -3.53. The smallest absolute Gasteiger partial charge is 0.207 e. The third-order valence-electron chi connectivity index (χ3n) is 3.68. The van der Waals surface area contributed by atoms with Crippen LogP contribution in [-0.4, -0.2) is 8.42 Å². The van der Waals surface area contributed by atoms with Crippen LogP contribution < -0.4 is 4.72 Å². The van der Waals surface area contributed by atoms with Gasteiger partial charge < -0.3 is 0 Å². The summed E-state index contributed by atoms with van der Waals surface area (Å²) in [5, 5.41) is 2.17. The van der Waals surface area contributed by atoms with Crippen molar-refractivity contribution >= 4 is 20.8 Å². The van der Waals surface area contributed by atoms with Gasteiger partial charge in [0, 0.05) is 6.04 Å². The van der Waals surface area contributed by atoms with Crippen LogP contribution >= 0.6 is 0 Å². The molecule has 3 aromatic carbocycles. The minimum Gasteiger partial charge on any atom is -0.207 e. The Morgan fingerprint density at radius 2 is 1.45 bits per heavy atom. The highest BCUT2D eigenvalue weighted by Crippen LogP contribution is 2.25. The molecule has 3 rings (SSSR count). The standard InChI is InChI=1S/C18H17NO2S/c1-14(19-22(20,21)16-10-3-2-4-11-16)17-13-7-9-15-8-5-6-12-18(15)17/h2-14,19H,1H3. The molecule has 3 aromatic rings. The van der Waals surface area contributed by atoms with Crippen molar-refractivity contribution in [2.24, 2.45) is 0 Å². The van der Waals surface area contributed by atoms with Crippen LogP contribution in [0.5, 0.6) is 0 Å². The fourth-order valence-electron chi connectivity index (χ4n) is 2.59. The average Bonchev–Trinajstić information content (AvgIpc) is 2.54. The number of hydrogen-bond acceptors (Lipinski definition) is 2. The molecule has 0 aliphatic rings. The van der Waals surface area contributed by atoms with Crippen molar-refractivity contribution in [2.75, 3.05) is 0 Å². The predicted octanol–water partition coefficient (Wildman–Crippen LogP) is 3.88. The molecule has 0 aliphatic carbocycles. The van der Waals surface area contributed by atoms with Crippen LogP contribution in [0.25, 0.3) is 10.8 Å². The van der Waals surface area contributed by atoms with Crippen LogP contribution in [0.4, 0.5) is 0 Å². The summed E-state index contributed by atoms with van der Waals surface area (Å²) in [6, 6.07) is 22.0. The first-order chi connectivity index (χ1) is 10.6. The van der Waals surface area contributed by atoms with Crippen LogP contribution in [0.3, 0.4) is 0 Å². The van der Waals surface area contributed by atoms with Gasteiger partial charge in [0.1, 0.15) is 0 Å². The van der Waals surface area contributed by atoms with Crippen molar-refractivity contribution in [3.05, 3.63) is 78.4 Å². The van der Waals surface area contributed by atoms with Crippen molar-refractivity contribution < 1.29 is 8.42 Å². The van der Waals surface area contributed by atoms with Gasteiger partial charge >= 0.3 is 0 Å². The highest BCUT2D eigenvalue weighted by Gasteiger charge is 2.19. The van der Waals surface area contributed by atoms with Gasteiger partial charge in [0.2, 0.25) is 10.0 Å². The fraction of sp³-hybridized carbons (Fsp3) is 0.111. The fourth-order valence-corrected chi connectivity index (χ4v) is 3.84. The Balaban J connectivity index is 1.96. The Morgan fingerprint density at radius 1 is 0.818 bits per heavy atom. The zero-order valence-corrected chi connectivity index (χ0v) is 13.0. The molecular formula is C18H17NO2S. The van der Waals surface area contributed by atoms with Crippen LogP contribution in [0, 0.1) is 0 Å². The first-order valence-corrected chi connectivity index (χ1v) is 8.61. The first kappa shape index (κ1) is 14.8. The van der Waals surface area contributed by atoms with Crippen molar-refractivity contribution in [1.29, 1.82) is 0 Å². The molecule has 1 unspecified atom stereocenters. The molecule has 0 radical (unpaired) electrons. The van der Waals surface area contributed by atoms with E-state index >= 15 is 0 Å². The van der Waals surface area contributed by atoms with E-state index in [0.717, 1.165) is 16.3 Å². The maximum Gasteiger partial charge on any atom is 0.241 e. The van der Waals surface area contributed by atoms with Crippen LogP contribution in [0.2, 0.25) is 0 Å². The zero-order chi connectivity index (χ0) is 15.6. The van der Waals surface area contributed by atoms with Gasteiger partial charge in [-0.15, -0.1) is 0 Å². The molecule has 0 saturated carbocycles. The summed E-state index contributed by atoms with van der Waals surface area (Å²) in [6.45, 7) is 1.86. The Labute approximate surface area is 130 Å². The van der Waals surface area contributed by atoms with E-state index in [-0.39, 0.29) is 10.9 Å². The van der Waals surface area contributed by atoms with Crippen LogP contribution in [0.15, 0.2) is 77.7 Å². The molecule has 0 amide bonds. The molecule has 3 nitrogen and oxygen atoms in total. The topological polar surface area (TPSA) is 46.2 Å². The number of hydrogen-bond donors (Lipinski definition) is 1. The summed E-state index contributed by atoms with van der Waals surface area (Å²) in [5.74, 6) is 0. The summed E-state index contributed by atoms with van der Waals surface area (Å²) >= 11 is 0. The first-order valence-electron chi connectivity index (χ1n) is 7.13. The lowest BCUT2D eigenvalue weighted by Gasteiger charge is -2.16. The molecule has 22 heavy (non-hydrogen) atoms. The number of nitrogens with one attached hydrogen (secondary N) is 1. The summed E-state index contributed by atoms with van der Waals surface area (Å²) in [4.78, 5) is 0.280. The molecule has 4 heteroatoms. The third-order valence-corrected chi connectivity index (χ3v) is 5.23. The number of fused-ring (bicyclic) bond motifs is 1. The Kier molecular flexibility index (Phi) is 3.96. The molecule has 0 bridgehead atoms. The van der Waals surface area contributed by atoms with Gasteiger partial charge in [0.05, 0.1) is 4.90 Å². The summed E-state index contributed by atoms with van der Waals surface area (Å²) in [6.07, 6.45) is 0. The van der Waals surface area contributed by atoms with Crippen molar-refractivity contribution in [1.82, 2.24) is 4.72 Å². The molecule has 1 N–H and O–H groups in total. The molecule has 0 aromatic heterocycles. The third kappa shape index (κ3) is 2.89. The Morgan fingerprint density at radius 3 is 2.23 bits per heavy atom. The summed E-state index contributed by atoms with van der Waals surface area (Å²) in [7, 11) is -3.53. The zero-order valence-electron chi connectivity index (χ0n) is 12.2. The lowest BCUT2D eigenvalue weighted by molar-refractivity contribution is 0.567. The molecular weight excluding hydrogens is 294 g/mol. The summed E-state index contributed by atoms with van der Waals surface area (Å²) < 4.78 is 27.6. The number of rotatable bonds is 4. The molecule has 0 spiro atoms. The number of sulfonamides is 1. The van der Waals surface area contributed by atoms with Crippen LogP contribution in [0.1, 0.15) is 18.5 Å². The highest BCUT2D eigenvalue weighted by atomic mass is 32.2. The van der Waals surface area contributed by atoms with Gasteiger partial charge in [-0.2, -0.15) is 0 Å². The maximum atomic E-state index is 12.4. The quantitative estimate of drug-likeness (QED) is 0.795. The van der Waals surface area contributed by atoms with E-state index in [9.17, 15) is 8.42 Å². The summed E-state index contributed by atoms with van der Waals surface area (Å²) in [5.41, 5.74) is 0.970. The normalized spacial score (nSPS) is 13.1. The van der Waals surface area contributed by atoms with Gasteiger partial charge in [-0.25, -0.2) is 13.1 Å². The Bertz CT molecular complexity index is 884. The van der Waals surface area contributed by atoms with Crippen LogP contribution in [-0.2, 0) is 10.0 Å². The predicted molar refractivity (Wildman–Crippen MR) is 89.1 cm³/mol. The second-order valence-corrected chi connectivity index (χ2v) is 6.94. The molecule has 112 valence electrons. The highest BCUT2D eigenvalue weighted by molar-refractivity contribution is 7.89. The van der Waals surface area contributed by atoms with Crippen molar-refractivity contribution in [3.8, 4) is 0 Å². The molecule has 0 fully saturated rings. The van der Waals surface area contributed by atoms with E-state index in [2.05, 4.69) is 4.72 Å². The molecule has 1 atom stereocenters. The minimum absolute atomic E-state index is 0.280. The molecule has 0 aliphatic heterocycles. The SMILES string of the molecule is CC(NS(=O)(=O)c1ccccc1)c1cccc2ccccc12. The van der Waals surface area contributed by atoms with E-state index in [4.69, 9.17) is 0 Å². The average molecular weight is 311 g/mol. The second-order valence-electron chi connectivity index (χ2n) is 5.22. The van der Waals surface area contributed by atoms with Gasteiger partial charge in [0.25, 0.3) is 0 Å².